The minimum Gasteiger partial charge on any atom is -0.396 e. The average molecular weight is 281 g/mol. The largest absolute Gasteiger partial charge is 0.396 e. The molecular formula is C16H27NOS. The van der Waals surface area contributed by atoms with E-state index >= 15 is 0 Å². The predicted octanol–water partition coefficient (Wildman–Crippen LogP) is 3.35. The van der Waals surface area contributed by atoms with Crippen LogP contribution < -0.4 is 5.73 Å². The minimum absolute atomic E-state index is 0.0740. The monoisotopic (exact) mass is 281 g/mol. The van der Waals surface area contributed by atoms with Gasteiger partial charge in [-0.1, -0.05) is 52.0 Å². The van der Waals surface area contributed by atoms with Crippen molar-refractivity contribution in [2.75, 3.05) is 18.1 Å². The molecule has 0 aliphatic heterocycles. The van der Waals surface area contributed by atoms with E-state index in [1.165, 1.54) is 11.1 Å². The minimum atomic E-state index is 0.0740. The van der Waals surface area contributed by atoms with E-state index in [0.29, 0.717) is 5.92 Å². The molecule has 0 fully saturated rings. The van der Waals surface area contributed by atoms with Crippen molar-refractivity contribution in [1.29, 1.82) is 0 Å². The fourth-order valence-corrected chi connectivity index (χ4v) is 2.87. The van der Waals surface area contributed by atoms with Crippen LogP contribution in [0.25, 0.3) is 0 Å². The molecule has 0 saturated heterocycles. The maximum Gasteiger partial charge on any atom is 0.0464 e. The van der Waals surface area contributed by atoms with Gasteiger partial charge >= 0.3 is 0 Å². The highest BCUT2D eigenvalue weighted by molar-refractivity contribution is 7.99. The Morgan fingerprint density at radius 2 is 1.74 bits per heavy atom. The zero-order valence-electron chi connectivity index (χ0n) is 12.5. The van der Waals surface area contributed by atoms with Gasteiger partial charge in [-0.3, -0.25) is 0 Å². The molecule has 3 heteroatoms. The van der Waals surface area contributed by atoms with Crippen LogP contribution in [-0.4, -0.2) is 23.2 Å². The van der Waals surface area contributed by atoms with Gasteiger partial charge in [-0.05, 0) is 28.2 Å². The third-order valence-electron chi connectivity index (χ3n) is 3.22. The normalized spacial score (nSPS) is 15.3. The van der Waals surface area contributed by atoms with Crippen LogP contribution in [-0.2, 0) is 5.41 Å². The van der Waals surface area contributed by atoms with E-state index in [9.17, 15) is 0 Å². The lowest BCUT2D eigenvalue weighted by atomic mass is 9.86. The van der Waals surface area contributed by atoms with Crippen molar-refractivity contribution in [2.45, 2.75) is 39.2 Å². The molecule has 0 saturated carbocycles. The lowest BCUT2D eigenvalue weighted by molar-refractivity contribution is 0.250. The summed E-state index contributed by atoms with van der Waals surface area (Å²) in [5.41, 5.74) is 8.92. The summed E-state index contributed by atoms with van der Waals surface area (Å²) in [5, 5.41) is 8.98. The topological polar surface area (TPSA) is 46.2 Å². The number of nitrogens with two attached hydrogens (primary N) is 1. The number of rotatable bonds is 6. The molecule has 0 heterocycles. The van der Waals surface area contributed by atoms with Gasteiger partial charge in [-0.2, -0.15) is 11.8 Å². The van der Waals surface area contributed by atoms with Gasteiger partial charge in [0.05, 0.1) is 0 Å². The number of aliphatic hydroxyl groups excluding tert-OH is 1. The van der Waals surface area contributed by atoms with Crippen LogP contribution in [0.1, 0.15) is 44.9 Å². The fourth-order valence-electron chi connectivity index (χ4n) is 1.78. The molecule has 19 heavy (non-hydrogen) atoms. The van der Waals surface area contributed by atoms with E-state index in [1.807, 2.05) is 11.8 Å². The Hall–Kier alpha value is -0.510. The molecule has 0 spiro atoms. The highest BCUT2D eigenvalue weighted by atomic mass is 32.2. The molecule has 2 atom stereocenters. The molecule has 2 nitrogen and oxygen atoms in total. The molecule has 0 aliphatic rings. The summed E-state index contributed by atoms with van der Waals surface area (Å²) >= 11 is 1.81. The number of hydrogen-bond donors (Lipinski definition) is 2. The second-order valence-electron chi connectivity index (χ2n) is 6.30. The number of thioether (sulfide) groups is 1. The molecule has 1 aromatic rings. The zero-order valence-corrected chi connectivity index (χ0v) is 13.3. The van der Waals surface area contributed by atoms with E-state index in [0.717, 1.165) is 11.5 Å². The smallest absolute Gasteiger partial charge is 0.0464 e. The summed E-state index contributed by atoms with van der Waals surface area (Å²) in [6, 6.07) is 8.71. The van der Waals surface area contributed by atoms with Crippen LogP contribution in [0.15, 0.2) is 24.3 Å². The number of hydrogen-bond acceptors (Lipinski definition) is 3. The summed E-state index contributed by atoms with van der Waals surface area (Å²) in [7, 11) is 0. The first kappa shape index (κ1) is 16.5. The van der Waals surface area contributed by atoms with Crippen LogP contribution in [0, 0.1) is 5.92 Å². The standard InChI is InChI=1S/C16H27NOS/c1-12(9-18)10-19-11-15(17)13-5-7-14(8-6-13)16(2,3)4/h5-8,12,15,18H,9-11,17H2,1-4H3. The van der Waals surface area contributed by atoms with Crippen molar-refractivity contribution in [3.05, 3.63) is 35.4 Å². The molecule has 108 valence electrons. The number of benzene rings is 1. The van der Waals surface area contributed by atoms with Gasteiger partial charge in [0.25, 0.3) is 0 Å². The van der Waals surface area contributed by atoms with Crippen molar-refractivity contribution < 1.29 is 5.11 Å². The maximum atomic E-state index is 8.98. The van der Waals surface area contributed by atoms with Crippen LogP contribution in [0.4, 0.5) is 0 Å². The van der Waals surface area contributed by atoms with Gasteiger partial charge in [0.1, 0.15) is 0 Å². The van der Waals surface area contributed by atoms with Crippen LogP contribution >= 0.6 is 11.8 Å². The van der Waals surface area contributed by atoms with E-state index in [2.05, 4.69) is 52.0 Å². The predicted molar refractivity (Wildman–Crippen MR) is 85.6 cm³/mol. The summed E-state index contributed by atoms with van der Waals surface area (Å²) in [6.07, 6.45) is 0. The number of aliphatic hydroxyl groups is 1. The quantitative estimate of drug-likeness (QED) is 0.840. The Bertz CT molecular complexity index is 369. The third kappa shape index (κ3) is 5.55. The van der Waals surface area contributed by atoms with Crippen LogP contribution in [0.2, 0.25) is 0 Å². The second-order valence-corrected chi connectivity index (χ2v) is 7.38. The third-order valence-corrected chi connectivity index (χ3v) is 4.62. The highest BCUT2D eigenvalue weighted by Gasteiger charge is 2.14. The molecule has 0 aliphatic carbocycles. The van der Waals surface area contributed by atoms with Crippen molar-refractivity contribution in [1.82, 2.24) is 0 Å². The average Bonchev–Trinajstić information content (AvgIpc) is 2.37. The molecule has 1 aromatic carbocycles. The molecule has 2 unspecified atom stereocenters. The van der Waals surface area contributed by atoms with Gasteiger partial charge < -0.3 is 10.8 Å². The lowest BCUT2D eigenvalue weighted by Crippen LogP contribution is -2.16. The fraction of sp³-hybridized carbons (Fsp3) is 0.625. The van der Waals surface area contributed by atoms with Crippen LogP contribution in [0.5, 0.6) is 0 Å². The van der Waals surface area contributed by atoms with Gasteiger partial charge in [0.2, 0.25) is 0 Å². The Labute approximate surface area is 121 Å². The Morgan fingerprint density at radius 3 is 2.21 bits per heavy atom. The van der Waals surface area contributed by atoms with Gasteiger partial charge in [-0.15, -0.1) is 0 Å². The first-order valence-electron chi connectivity index (χ1n) is 6.89. The molecule has 0 bridgehead atoms. The van der Waals surface area contributed by atoms with Crippen molar-refractivity contribution in [3.63, 3.8) is 0 Å². The first-order chi connectivity index (χ1) is 8.84. The van der Waals surface area contributed by atoms with Gasteiger partial charge in [-0.25, -0.2) is 0 Å². The maximum absolute atomic E-state index is 8.98. The molecule has 0 amide bonds. The van der Waals surface area contributed by atoms with Gasteiger partial charge in [0, 0.05) is 18.4 Å². The Kier molecular flexibility index (Phi) is 6.37. The van der Waals surface area contributed by atoms with E-state index < -0.39 is 0 Å². The summed E-state index contributed by atoms with van der Waals surface area (Å²) < 4.78 is 0. The second kappa shape index (κ2) is 7.32. The van der Waals surface area contributed by atoms with Crippen molar-refractivity contribution >= 4 is 11.8 Å². The molecular weight excluding hydrogens is 254 g/mol. The lowest BCUT2D eigenvalue weighted by Gasteiger charge is -2.20. The van der Waals surface area contributed by atoms with Crippen molar-refractivity contribution in [2.24, 2.45) is 11.7 Å². The molecule has 3 N–H and O–H groups in total. The van der Waals surface area contributed by atoms with E-state index in [1.54, 1.807) is 0 Å². The summed E-state index contributed by atoms with van der Waals surface area (Å²) in [6.45, 7) is 8.95. The van der Waals surface area contributed by atoms with Crippen molar-refractivity contribution in [3.8, 4) is 0 Å². The van der Waals surface area contributed by atoms with E-state index in [4.69, 9.17) is 10.8 Å². The van der Waals surface area contributed by atoms with Gasteiger partial charge in [0.15, 0.2) is 0 Å². The molecule has 0 aromatic heterocycles. The molecule has 1 rings (SSSR count). The first-order valence-corrected chi connectivity index (χ1v) is 8.04. The zero-order chi connectivity index (χ0) is 14.5. The molecule has 0 radical (unpaired) electrons. The van der Waals surface area contributed by atoms with E-state index in [-0.39, 0.29) is 18.1 Å². The highest BCUT2D eigenvalue weighted by Crippen LogP contribution is 2.24. The summed E-state index contributed by atoms with van der Waals surface area (Å²) in [4.78, 5) is 0. The SMILES string of the molecule is CC(CO)CSCC(N)c1ccc(C(C)(C)C)cc1. The Morgan fingerprint density at radius 1 is 1.16 bits per heavy atom. The Balaban J connectivity index is 2.51. The summed E-state index contributed by atoms with van der Waals surface area (Å²) in [5.74, 6) is 2.21. The van der Waals surface area contributed by atoms with Crippen LogP contribution in [0.3, 0.4) is 0 Å².